The van der Waals surface area contributed by atoms with Gasteiger partial charge in [-0.3, -0.25) is 9.59 Å². The number of hydrogen-bond donors (Lipinski definition) is 1. The number of aliphatic hydroxyl groups excluding tert-OH is 1. The summed E-state index contributed by atoms with van der Waals surface area (Å²) in [6.45, 7) is 5.13. The van der Waals surface area contributed by atoms with Crippen molar-refractivity contribution < 1.29 is 14.7 Å². The van der Waals surface area contributed by atoms with E-state index in [1.807, 2.05) is 31.2 Å². The molecule has 1 N–H and O–H groups in total. The first kappa shape index (κ1) is 18.4. The number of benzene rings is 1. The second kappa shape index (κ2) is 6.57. The lowest BCUT2D eigenvalue weighted by atomic mass is 9.57. The molecule has 4 atom stereocenters. The van der Waals surface area contributed by atoms with Crippen molar-refractivity contribution >= 4 is 17.4 Å². The van der Waals surface area contributed by atoms with Crippen LogP contribution in [0, 0.1) is 11.8 Å². The van der Waals surface area contributed by atoms with Crippen molar-refractivity contribution in [2.45, 2.75) is 38.1 Å². The van der Waals surface area contributed by atoms with Crippen molar-refractivity contribution in [1.29, 1.82) is 0 Å². The molecule has 3 aliphatic heterocycles. The van der Waals surface area contributed by atoms with Crippen LogP contribution in [0.4, 0.5) is 5.69 Å². The molecule has 5 heteroatoms. The molecular weight excluding hydrogens is 340 g/mol. The minimum absolute atomic E-state index is 0.0246. The Kier molecular flexibility index (Phi) is 4.47. The molecule has 1 aromatic carbocycles. The van der Waals surface area contributed by atoms with Crippen LogP contribution in [0.1, 0.15) is 32.3 Å². The number of hydrogen-bond acceptors (Lipinski definition) is 4. The summed E-state index contributed by atoms with van der Waals surface area (Å²) in [5, 5.41) is 10.4. The number of anilines is 1. The summed E-state index contributed by atoms with van der Waals surface area (Å²) in [4.78, 5) is 30.5. The topological polar surface area (TPSA) is 60.9 Å². The van der Waals surface area contributed by atoms with Gasteiger partial charge in [-0.05, 0) is 44.5 Å². The highest BCUT2D eigenvalue weighted by Crippen LogP contribution is 2.57. The molecule has 1 aromatic rings. The maximum absolute atomic E-state index is 13.7. The van der Waals surface area contributed by atoms with Gasteiger partial charge in [0.15, 0.2) is 0 Å². The van der Waals surface area contributed by atoms with Crippen LogP contribution in [-0.2, 0) is 15.0 Å². The lowest BCUT2D eigenvalue weighted by molar-refractivity contribution is -0.131. The summed E-state index contributed by atoms with van der Waals surface area (Å²) in [6, 6.07) is 7.51. The molecule has 0 aromatic heterocycles. The lowest BCUT2D eigenvalue weighted by Crippen LogP contribution is -2.61. The number of nitrogens with zero attached hydrogens (tertiary/aromatic N) is 2. The smallest absolute Gasteiger partial charge is 0.224 e. The van der Waals surface area contributed by atoms with Gasteiger partial charge < -0.3 is 14.9 Å². The van der Waals surface area contributed by atoms with Crippen LogP contribution in [-0.4, -0.2) is 54.5 Å². The summed E-state index contributed by atoms with van der Waals surface area (Å²) in [6.07, 6.45) is 3.21. The molecule has 4 aliphatic rings. The van der Waals surface area contributed by atoms with E-state index in [-0.39, 0.29) is 36.2 Å². The molecule has 1 aliphatic carbocycles. The first-order valence-electron chi connectivity index (χ1n) is 9.82. The average Bonchev–Trinajstić information content (AvgIpc) is 2.99. The van der Waals surface area contributed by atoms with Gasteiger partial charge >= 0.3 is 0 Å². The number of carbonyl (C=O) groups excluding carboxylic acids is 2. The Labute approximate surface area is 160 Å². The zero-order chi connectivity index (χ0) is 19.3. The Hall–Kier alpha value is -1.98. The van der Waals surface area contributed by atoms with Crippen molar-refractivity contribution in [1.82, 2.24) is 4.90 Å². The third kappa shape index (κ3) is 2.44. The molecule has 3 heterocycles. The normalized spacial score (nSPS) is 34.8. The summed E-state index contributed by atoms with van der Waals surface area (Å²) in [5.41, 5.74) is 2.28. The zero-order valence-corrected chi connectivity index (χ0v) is 16.3. The highest BCUT2D eigenvalue weighted by molar-refractivity contribution is 6.04. The lowest BCUT2D eigenvalue weighted by Gasteiger charge is -2.48. The summed E-state index contributed by atoms with van der Waals surface area (Å²) < 4.78 is 0. The van der Waals surface area contributed by atoms with E-state index in [0.717, 1.165) is 24.3 Å². The van der Waals surface area contributed by atoms with Crippen molar-refractivity contribution in [3.63, 3.8) is 0 Å². The van der Waals surface area contributed by atoms with Gasteiger partial charge in [0.05, 0.1) is 11.5 Å². The van der Waals surface area contributed by atoms with Crippen molar-refractivity contribution in [3.05, 3.63) is 41.5 Å². The van der Waals surface area contributed by atoms with E-state index in [9.17, 15) is 14.7 Å². The second-order valence-electron chi connectivity index (χ2n) is 8.25. The quantitative estimate of drug-likeness (QED) is 0.772. The SMILES string of the molecule is CC=C1CN(C)CCC23C(=O)CC1C(CO)C2N(C(C)=O)c1ccccc13. The molecule has 3 fully saturated rings. The van der Waals surface area contributed by atoms with Crippen LogP contribution in [0.3, 0.4) is 0 Å². The number of carbonyl (C=O) groups is 2. The number of amides is 1. The fraction of sp³-hybridized carbons (Fsp3) is 0.545. The number of aliphatic hydroxyl groups is 1. The van der Waals surface area contributed by atoms with E-state index in [2.05, 4.69) is 18.0 Å². The van der Waals surface area contributed by atoms with Crippen LogP contribution in [0.2, 0.25) is 0 Å². The molecule has 5 nitrogen and oxygen atoms in total. The maximum Gasteiger partial charge on any atom is 0.224 e. The highest BCUT2D eigenvalue weighted by Gasteiger charge is 2.63. The van der Waals surface area contributed by atoms with Crippen LogP contribution in [0.25, 0.3) is 0 Å². The van der Waals surface area contributed by atoms with Gasteiger partial charge in [0.2, 0.25) is 5.91 Å². The van der Waals surface area contributed by atoms with E-state index in [1.165, 1.54) is 5.57 Å². The number of Topliss-reactive ketones (excluding diaryl/α,β-unsaturated/α-hetero) is 1. The zero-order valence-electron chi connectivity index (χ0n) is 16.3. The van der Waals surface area contributed by atoms with Crippen LogP contribution >= 0.6 is 0 Å². The molecule has 2 saturated heterocycles. The number of fused-ring (bicyclic) bond motifs is 6. The molecule has 1 saturated carbocycles. The minimum atomic E-state index is -0.719. The van der Waals surface area contributed by atoms with Gasteiger partial charge in [-0.25, -0.2) is 0 Å². The number of rotatable bonds is 1. The second-order valence-corrected chi connectivity index (χ2v) is 8.25. The largest absolute Gasteiger partial charge is 0.396 e. The predicted molar refractivity (Wildman–Crippen MR) is 105 cm³/mol. The molecule has 5 rings (SSSR count). The third-order valence-corrected chi connectivity index (χ3v) is 6.99. The van der Waals surface area contributed by atoms with E-state index < -0.39 is 5.41 Å². The standard InChI is InChI=1S/C22H28N2O3/c1-4-15-12-23(3)10-9-22-18-7-5-6-8-19(18)24(14(2)26)21(22)17(13-25)16(15)11-20(22)27/h4-8,16-17,21,25H,9-13H2,1-3H3. The summed E-state index contributed by atoms with van der Waals surface area (Å²) in [7, 11) is 2.09. The van der Waals surface area contributed by atoms with E-state index in [0.29, 0.717) is 12.8 Å². The molecule has 4 unspecified atom stereocenters. The Bertz CT molecular complexity index is 818. The van der Waals surface area contributed by atoms with Crippen LogP contribution in [0.15, 0.2) is 35.9 Å². The molecular formula is C22H28N2O3. The van der Waals surface area contributed by atoms with E-state index in [1.54, 1.807) is 11.8 Å². The fourth-order valence-corrected chi connectivity index (χ4v) is 5.82. The fourth-order valence-electron chi connectivity index (χ4n) is 5.82. The molecule has 144 valence electrons. The van der Waals surface area contributed by atoms with Gasteiger partial charge in [0, 0.05) is 38.1 Å². The molecule has 27 heavy (non-hydrogen) atoms. The van der Waals surface area contributed by atoms with Crippen molar-refractivity contribution in [2.75, 3.05) is 31.6 Å². The molecule has 1 spiro atoms. The Morgan fingerprint density at radius 1 is 1.37 bits per heavy atom. The van der Waals surface area contributed by atoms with Gasteiger partial charge in [0.1, 0.15) is 5.78 Å². The molecule has 1 amide bonds. The average molecular weight is 368 g/mol. The number of allylic oxidation sites excluding steroid dienone is 1. The van der Waals surface area contributed by atoms with Gasteiger partial charge in [-0.15, -0.1) is 0 Å². The number of likely N-dealkylation sites (N-methyl/N-ethyl adjacent to an activating group) is 1. The Morgan fingerprint density at radius 2 is 2.11 bits per heavy atom. The first-order valence-corrected chi connectivity index (χ1v) is 9.82. The highest BCUT2D eigenvalue weighted by atomic mass is 16.3. The van der Waals surface area contributed by atoms with Crippen LogP contribution in [0.5, 0.6) is 0 Å². The monoisotopic (exact) mass is 368 g/mol. The summed E-state index contributed by atoms with van der Waals surface area (Å²) in [5.74, 6) is -0.0112. The van der Waals surface area contributed by atoms with Gasteiger partial charge in [-0.2, -0.15) is 0 Å². The van der Waals surface area contributed by atoms with Crippen LogP contribution < -0.4 is 4.90 Å². The van der Waals surface area contributed by atoms with E-state index in [4.69, 9.17) is 0 Å². The van der Waals surface area contributed by atoms with Crippen molar-refractivity contribution in [2.24, 2.45) is 11.8 Å². The molecule has 0 radical (unpaired) electrons. The summed E-state index contributed by atoms with van der Waals surface area (Å²) >= 11 is 0. The maximum atomic E-state index is 13.7. The predicted octanol–water partition coefficient (Wildman–Crippen LogP) is 2.14. The minimum Gasteiger partial charge on any atom is -0.396 e. The number of para-hydroxylation sites is 1. The number of ketones is 1. The first-order chi connectivity index (χ1) is 13.0. The van der Waals surface area contributed by atoms with Gasteiger partial charge in [0.25, 0.3) is 0 Å². The Morgan fingerprint density at radius 3 is 2.78 bits per heavy atom. The Balaban J connectivity index is 2.00. The third-order valence-electron chi connectivity index (χ3n) is 6.99. The van der Waals surface area contributed by atoms with Crippen molar-refractivity contribution in [3.8, 4) is 0 Å². The molecule has 2 bridgehead atoms. The van der Waals surface area contributed by atoms with Gasteiger partial charge in [-0.1, -0.05) is 29.8 Å². The van der Waals surface area contributed by atoms with E-state index >= 15 is 0 Å².